The topological polar surface area (TPSA) is 77.5 Å². The fourth-order valence-corrected chi connectivity index (χ4v) is 2.64. The Morgan fingerprint density at radius 3 is 2.57 bits per heavy atom. The molecule has 1 amide bonds. The van der Waals surface area contributed by atoms with Gasteiger partial charge in [-0.15, -0.1) is 0 Å². The van der Waals surface area contributed by atoms with Crippen LogP contribution in [0.2, 0.25) is 0 Å². The molecule has 0 aliphatic heterocycles. The normalized spacial score (nSPS) is 12.2. The Morgan fingerprint density at radius 1 is 1.25 bits per heavy atom. The zero-order valence-corrected chi connectivity index (χ0v) is 16.2. The Labute approximate surface area is 167 Å². The average Bonchev–Trinajstić information content (AvgIpc) is 2.65. The number of alkyl halides is 3. The number of amides is 1. The molecular weight excluding hydrogens is 445 g/mol. The summed E-state index contributed by atoms with van der Waals surface area (Å²) in [6.07, 6.45) is -3.49. The monoisotopic (exact) mass is 460 g/mol. The van der Waals surface area contributed by atoms with Gasteiger partial charge >= 0.3 is 12.1 Å². The largest absolute Gasteiger partial charge is 0.469 e. The van der Waals surface area contributed by atoms with Crippen molar-refractivity contribution in [3.63, 3.8) is 0 Å². The molecule has 10 heteroatoms. The van der Waals surface area contributed by atoms with Crippen LogP contribution in [0.3, 0.4) is 0 Å². The van der Waals surface area contributed by atoms with E-state index >= 15 is 0 Å². The number of hydrogen-bond donors (Lipinski definition) is 1. The lowest BCUT2D eigenvalue weighted by Crippen LogP contribution is -2.30. The van der Waals surface area contributed by atoms with E-state index in [-0.39, 0.29) is 17.9 Å². The second kappa shape index (κ2) is 9.54. The molecule has 0 aliphatic carbocycles. The summed E-state index contributed by atoms with van der Waals surface area (Å²) in [4.78, 5) is 27.9. The second-order valence-corrected chi connectivity index (χ2v) is 6.57. The Balaban J connectivity index is 2.11. The van der Waals surface area contributed by atoms with Crippen LogP contribution in [-0.4, -0.2) is 36.8 Å². The quantitative estimate of drug-likeness (QED) is 0.635. The van der Waals surface area contributed by atoms with E-state index in [9.17, 15) is 22.8 Å². The number of nitrogens with one attached hydrogen (secondary N) is 1. The molecule has 0 saturated carbocycles. The summed E-state index contributed by atoms with van der Waals surface area (Å²) in [5.74, 6) is -1.32. The van der Waals surface area contributed by atoms with Gasteiger partial charge in [0.1, 0.15) is 0 Å². The van der Waals surface area contributed by atoms with Gasteiger partial charge in [0.25, 0.3) is 5.91 Å². The molecule has 0 aliphatic rings. The van der Waals surface area contributed by atoms with Gasteiger partial charge in [-0.3, -0.25) is 9.59 Å². The molecule has 6 nitrogen and oxygen atoms in total. The van der Waals surface area contributed by atoms with Crippen LogP contribution in [0.5, 0.6) is 5.88 Å². The van der Waals surface area contributed by atoms with Crippen molar-refractivity contribution in [2.75, 3.05) is 13.7 Å². The number of methoxy groups -OCH3 is 1. The number of esters is 1. The molecule has 0 spiro atoms. The smallest absolute Gasteiger partial charge is 0.422 e. The van der Waals surface area contributed by atoms with Gasteiger partial charge in [0.05, 0.1) is 25.1 Å². The Hall–Kier alpha value is -2.62. The molecule has 0 fully saturated rings. The first-order valence-electron chi connectivity index (χ1n) is 7.96. The van der Waals surface area contributed by atoms with Crippen molar-refractivity contribution in [3.8, 4) is 5.88 Å². The molecule has 0 saturated heterocycles. The number of rotatable bonds is 7. The van der Waals surface area contributed by atoms with E-state index in [0.29, 0.717) is 5.56 Å². The van der Waals surface area contributed by atoms with Crippen molar-refractivity contribution in [2.45, 2.75) is 18.6 Å². The molecule has 1 N–H and O–H groups in total. The molecule has 28 heavy (non-hydrogen) atoms. The molecule has 1 heterocycles. The van der Waals surface area contributed by atoms with Crippen LogP contribution in [-0.2, 0) is 9.53 Å². The summed E-state index contributed by atoms with van der Waals surface area (Å²) in [5, 5.41) is 2.70. The number of carbonyl (C=O) groups excluding carboxylic acids is 2. The average molecular weight is 461 g/mol. The van der Waals surface area contributed by atoms with E-state index in [1.54, 1.807) is 24.3 Å². The fraction of sp³-hybridized carbons (Fsp3) is 0.278. The van der Waals surface area contributed by atoms with Gasteiger partial charge in [-0.25, -0.2) is 4.98 Å². The molecule has 1 aromatic heterocycles. The SMILES string of the molecule is COC(=O)CC(NC(=O)c1ccc(OCC(F)(F)F)nc1)c1cccc(Br)c1. The van der Waals surface area contributed by atoms with Gasteiger partial charge in [0, 0.05) is 16.7 Å². The third-order valence-corrected chi connectivity index (χ3v) is 4.03. The number of aromatic nitrogens is 1. The number of pyridine rings is 1. The van der Waals surface area contributed by atoms with Crippen LogP contribution in [0, 0.1) is 0 Å². The van der Waals surface area contributed by atoms with Crippen LogP contribution < -0.4 is 10.1 Å². The number of ether oxygens (including phenoxy) is 2. The highest BCUT2D eigenvalue weighted by molar-refractivity contribution is 9.10. The molecule has 1 unspecified atom stereocenters. The van der Waals surface area contributed by atoms with Crippen LogP contribution in [0.25, 0.3) is 0 Å². The predicted molar refractivity (Wildman–Crippen MR) is 96.8 cm³/mol. The van der Waals surface area contributed by atoms with E-state index in [4.69, 9.17) is 0 Å². The molecular formula is C18H16BrF3N2O4. The maximum Gasteiger partial charge on any atom is 0.422 e. The van der Waals surface area contributed by atoms with Crippen molar-refractivity contribution in [2.24, 2.45) is 0 Å². The van der Waals surface area contributed by atoms with Gasteiger partial charge in [0.15, 0.2) is 6.61 Å². The molecule has 2 aromatic rings. The van der Waals surface area contributed by atoms with E-state index in [0.717, 1.165) is 16.7 Å². The van der Waals surface area contributed by atoms with Crippen LogP contribution in [0.15, 0.2) is 47.1 Å². The van der Waals surface area contributed by atoms with Gasteiger partial charge in [0.2, 0.25) is 5.88 Å². The summed E-state index contributed by atoms with van der Waals surface area (Å²) in [7, 11) is 1.24. The lowest BCUT2D eigenvalue weighted by atomic mass is 10.0. The molecule has 150 valence electrons. The van der Waals surface area contributed by atoms with Crippen molar-refractivity contribution in [3.05, 3.63) is 58.2 Å². The Bertz CT molecular complexity index is 828. The third-order valence-electron chi connectivity index (χ3n) is 3.54. The molecule has 0 bridgehead atoms. The Morgan fingerprint density at radius 2 is 2.00 bits per heavy atom. The van der Waals surface area contributed by atoms with Crippen LogP contribution in [0.1, 0.15) is 28.4 Å². The second-order valence-electron chi connectivity index (χ2n) is 5.65. The third kappa shape index (κ3) is 6.84. The molecule has 1 atom stereocenters. The van der Waals surface area contributed by atoms with Crippen molar-refractivity contribution in [1.82, 2.24) is 10.3 Å². The number of benzene rings is 1. The van der Waals surface area contributed by atoms with Crippen LogP contribution >= 0.6 is 15.9 Å². The maximum atomic E-state index is 12.5. The van der Waals surface area contributed by atoms with Gasteiger partial charge in [-0.05, 0) is 23.8 Å². The molecule has 0 radical (unpaired) electrons. The van der Waals surface area contributed by atoms with Crippen molar-refractivity contribution in [1.29, 1.82) is 0 Å². The summed E-state index contributed by atoms with van der Waals surface area (Å²) in [6, 6.07) is 8.82. The summed E-state index contributed by atoms with van der Waals surface area (Å²) >= 11 is 3.33. The predicted octanol–water partition coefficient (Wildman–Crippen LogP) is 3.82. The van der Waals surface area contributed by atoms with Gasteiger partial charge in [-0.1, -0.05) is 28.1 Å². The summed E-state index contributed by atoms with van der Waals surface area (Å²) in [5.41, 5.74) is 0.774. The van der Waals surface area contributed by atoms with Gasteiger partial charge < -0.3 is 14.8 Å². The first-order chi connectivity index (χ1) is 13.2. The highest BCUT2D eigenvalue weighted by Crippen LogP contribution is 2.22. The lowest BCUT2D eigenvalue weighted by molar-refractivity contribution is -0.154. The number of nitrogens with zero attached hydrogens (tertiary/aromatic N) is 1. The van der Waals surface area contributed by atoms with Crippen molar-refractivity contribution >= 4 is 27.8 Å². The Kier molecular flexibility index (Phi) is 7.38. The van der Waals surface area contributed by atoms with Crippen molar-refractivity contribution < 1.29 is 32.2 Å². The fourth-order valence-electron chi connectivity index (χ4n) is 2.22. The standard InChI is InChI=1S/C18H16BrF3N2O4/c1-27-16(25)8-14(11-3-2-4-13(19)7-11)24-17(26)12-5-6-15(23-9-12)28-10-18(20,21)22/h2-7,9,14H,8,10H2,1H3,(H,24,26). The number of carbonyl (C=O) groups is 2. The zero-order valence-electron chi connectivity index (χ0n) is 14.6. The molecule has 2 rings (SSSR count). The lowest BCUT2D eigenvalue weighted by Gasteiger charge is -2.18. The maximum absolute atomic E-state index is 12.5. The van der Waals surface area contributed by atoms with E-state index in [2.05, 4.69) is 35.7 Å². The first-order valence-corrected chi connectivity index (χ1v) is 8.76. The van der Waals surface area contributed by atoms with E-state index < -0.39 is 30.7 Å². The molecule has 1 aromatic carbocycles. The summed E-state index contributed by atoms with van der Waals surface area (Å²) in [6.45, 7) is -1.48. The zero-order chi connectivity index (χ0) is 20.7. The minimum absolute atomic E-state index is 0.0983. The summed E-state index contributed by atoms with van der Waals surface area (Å²) < 4.78 is 46.4. The number of halogens is 4. The minimum atomic E-state index is -4.48. The highest BCUT2D eigenvalue weighted by atomic mass is 79.9. The minimum Gasteiger partial charge on any atom is -0.469 e. The highest BCUT2D eigenvalue weighted by Gasteiger charge is 2.28. The first kappa shape index (κ1) is 21.7. The van der Waals surface area contributed by atoms with Gasteiger partial charge in [-0.2, -0.15) is 13.2 Å². The van der Waals surface area contributed by atoms with E-state index in [1.807, 2.05) is 0 Å². The van der Waals surface area contributed by atoms with Crippen LogP contribution in [0.4, 0.5) is 13.2 Å². The van der Waals surface area contributed by atoms with E-state index in [1.165, 1.54) is 13.2 Å². The number of hydrogen-bond acceptors (Lipinski definition) is 5.